The van der Waals surface area contributed by atoms with E-state index in [0.717, 1.165) is 5.75 Å². The Hall–Kier alpha value is -0.940. The quantitative estimate of drug-likeness (QED) is 0.852. The fraction of sp³-hybridized carbons (Fsp3) is 0.400. The van der Waals surface area contributed by atoms with Crippen LogP contribution in [0.1, 0.15) is 17.3 Å². The molecular weight excluding hydrogens is 248 g/mol. The van der Waals surface area contributed by atoms with Gasteiger partial charge in [0.2, 0.25) is 0 Å². The highest BCUT2D eigenvalue weighted by molar-refractivity contribution is 7.98. The van der Waals surface area contributed by atoms with E-state index in [0.29, 0.717) is 5.82 Å². The Morgan fingerprint density at radius 1 is 1.75 bits per heavy atom. The van der Waals surface area contributed by atoms with Gasteiger partial charge in [0.15, 0.2) is 0 Å². The summed E-state index contributed by atoms with van der Waals surface area (Å²) in [6.07, 6.45) is 3.36. The maximum atomic E-state index is 10.8. The topological polar surface area (TPSA) is 62.2 Å². The van der Waals surface area contributed by atoms with Gasteiger partial charge in [-0.25, -0.2) is 9.78 Å². The zero-order valence-corrected chi connectivity index (χ0v) is 10.6. The summed E-state index contributed by atoms with van der Waals surface area (Å²) in [5, 5.41) is 12.1. The second kappa shape index (κ2) is 5.96. The van der Waals surface area contributed by atoms with E-state index in [-0.39, 0.29) is 16.6 Å². The minimum absolute atomic E-state index is 0.0653. The summed E-state index contributed by atoms with van der Waals surface area (Å²) in [5.74, 6) is 0.406. The van der Waals surface area contributed by atoms with Crippen LogP contribution in [0, 0.1) is 0 Å². The molecule has 0 spiro atoms. The zero-order valence-electron chi connectivity index (χ0n) is 9.03. The molecule has 6 heteroatoms. The van der Waals surface area contributed by atoms with E-state index >= 15 is 0 Å². The van der Waals surface area contributed by atoms with Crippen LogP contribution in [0.25, 0.3) is 0 Å². The van der Waals surface area contributed by atoms with Crippen molar-refractivity contribution in [1.29, 1.82) is 0 Å². The summed E-state index contributed by atoms with van der Waals surface area (Å²) in [5.41, 5.74) is 0.0653. The van der Waals surface area contributed by atoms with E-state index in [1.165, 1.54) is 12.3 Å². The molecule has 88 valence electrons. The number of carboxylic acid groups (broad SMARTS) is 1. The molecule has 0 saturated heterocycles. The van der Waals surface area contributed by atoms with E-state index < -0.39 is 5.97 Å². The van der Waals surface area contributed by atoms with Crippen LogP contribution in [-0.2, 0) is 0 Å². The van der Waals surface area contributed by atoms with Crippen molar-refractivity contribution in [2.45, 2.75) is 13.0 Å². The number of hydrogen-bond acceptors (Lipinski definition) is 4. The molecule has 1 aromatic heterocycles. The number of carbonyl (C=O) groups is 1. The Morgan fingerprint density at radius 2 is 2.44 bits per heavy atom. The van der Waals surface area contributed by atoms with E-state index in [2.05, 4.69) is 10.3 Å². The van der Waals surface area contributed by atoms with Gasteiger partial charge in [0.05, 0.1) is 10.6 Å². The van der Waals surface area contributed by atoms with Gasteiger partial charge < -0.3 is 10.4 Å². The molecule has 0 amide bonds. The number of aromatic carboxylic acids is 1. The number of aromatic nitrogens is 1. The number of anilines is 1. The molecule has 1 heterocycles. The number of nitrogens with zero attached hydrogens (tertiary/aromatic N) is 1. The highest BCUT2D eigenvalue weighted by atomic mass is 35.5. The van der Waals surface area contributed by atoms with Crippen LogP contribution in [0.4, 0.5) is 5.82 Å². The molecule has 0 bridgehead atoms. The van der Waals surface area contributed by atoms with Crippen molar-refractivity contribution < 1.29 is 9.90 Å². The normalized spacial score (nSPS) is 12.2. The van der Waals surface area contributed by atoms with Crippen molar-refractivity contribution in [1.82, 2.24) is 4.98 Å². The van der Waals surface area contributed by atoms with Crippen LogP contribution < -0.4 is 5.32 Å². The van der Waals surface area contributed by atoms with Crippen molar-refractivity contribution in [3.63, 3.8) is 0 Å². The largest absolute Gasteiger partial charge is 0.478 e. The molecule has 0 aliphatic carbocycles. The standard InChI is InChI=1S/C10H13ClN2O2S/c1-6(5-16-2)13-9-3-7(10(14)15)8(11)4-12-9/h3-4,6H,5H2,1-2H3,(H,12,13)(H,14,15). The zero-order chi connectivity index (χ0) is 12.1. The van der Waals surface area contributed by atoms with Crippen LogP contribution in [0.5, 0.6) is 0 Å². The third-order valence-electron chi connectivity index (χ3n) is 1.90. The van der Waals surface area contributed by atoms with E-state index in [1.54, 1.807) is 11.8 Å². The maximum absolute atomic E-state index is 10.8. The molecule has 0 aliphatic rings. The molecule has 16 heavy (non-hydrogen) atoms. The van der Waals surface area contributed by atoms with Gasteiger partial charge >= 0.3 is 5.97 Å². The smallest absolute Gasteiger partial charge is 0.337 e. The molecule has 1 aromatic rings. The second-order valence-electron chi connectivity index (χ2n) is 3.36. The summed E-state index contributed by atoms with van der Waals surface area (Å²) in [6, 6.07) is 1.67. The Morgan fingerprint density at radius 3 is 3.00 bits per heavy atom. The molecule has 1 atom stereocenters. The summed E-state index contributed by atoms with van der Waals surface area (Å²) < 4.78 is 0. The van der Waals surface area contributed by atoms with Gasteiger partial charge in [0.1, 0.15) is 5.82 Å². The molecule has 0 saturated carbocycles. The van der Waals surface area contributed by atoms with Gasteiger partial charge in [0, 0.05) is 18.0 Å². The monoisotopic (exact) mass is 260 g/mol. The Kier molecular flexibility index (Phi) is 4.89. The second-order valence-corrected chi connectivity index (χ2v) is 4.67. The lowest BCUT2D eigenvalue weighted by Crippen LogP contribution is -2.18. The lowest BCUT2D eigenvalue weighted by Gasteiger charge is -2.13. The fourth-order valence-electron chi connectivity index (χ4n) is 1.23. The molecule has 1 rings (SSSR count). The third-order valence-corrected chi connectivity index (χ3v) is 3.03. The fourth-order valence-corrected chi connectivity index (χ4v) is 1.99. The van der Waals surface area contributed by atoms with Gasteiger partial charge in [-0.3, -0.25) is 0 Å². The van der Waals surface area contributed by atoms with Gasteiger partial charge in [-0.2, -0.15) is 11.8 Å². The van der Waals surface area contributed by atoms with E-state index in [4.69, 9.17) is 16.7 Å². The SMILES string of the molecule is CSCC(C)Nc1cc(C(=O)O)c(Cl)cn1. The number of halogens is 1. The summed E-state index contributed by atoms with van der Waals surface area (Å²) in [4.78, 5) is 14.9. The van der Waals surface area contributed by atoms with Crippen LogP contribution in [0.2, 0.25) is 5.02 Å². The highest BCUT2D eigenvalue weighted by Gasteiger charge is 2.11. The summed E-state index contributed by atoms with van der Waals surface area (Å²) in [7, 11) is 0. The minimum atomic E-state index is -1.05. The predicted octanol–water partition coefficient (Wildman–Crippen LogP) is 2.60. The van der Waals surface area contributed by atoms with Gasteiger partial charge in [-0.05, 0) is 19.2 Å². The number of nitrogens with one attached hydrogen (secondary N) is 1. The summed E-state index contributed by atoms with van der Waals surface area (Å²) >= 11 is 7.42. The average Bonchev–Trinajstić information content (AvgIpc) is 2.21. The first-order valence-electron chi connectivity index (χ1n) is 4.69. The summed E-state index contributed by atoms with van der Waals surface area (Å²) in [6.45, 7) is 2.01. The lowest BCUT2D eigenvalue weighted by molar-refractivity contribution is 0.0697. The molecule has 0 aromatic carbocycles. The number of hydrogen-bond donors (Lipinski definition) is 2. The molecule has 4 nitrogen and oxygen atoms in total. The van der Waals surface area contributed by atoms with E-state index in [9.17, 15) is 4.79 Å². The lowest BCUT2D eigenvalue weighted by atomic mass is 10.2. The first-order chi connectivity index (χ1) is 7.54. The predicted molar refractivity (Wildman–Crippen MR) is 67.7 cm³/mol. The molecule has 0 fully saturated rings. The van der Waals surface area contributed by atoms with E-state index in [1.807, 2.05) is 13.2 Å². The Bertz CT molecular complexity index is 387. The van der Waals surface area contributed by atoms with Gasteiger partial charge in [0.25, 0.3) is 0 Å². The molecule has 0 radical (unpaired) electrons. The number of thioether (sulfide) groups is 1. The minimum Gasteiger partial charge on any atom is -0.478 e. The average molecular weight is 261 g/mol. The van der Waals surface area contributed by atoms with Crippen LogP contribution >= 0.6 is 23.4 Å². The van der Waals surface area contributed by atoms with Crippen molar-refractivity contribution >= 4 is 35.1 Å². The number of rotatable bonds is 5. The van der Waals surface area contributed by atoms with Crippen LogP contribution in [0.15, 0.2) is 12.3 Å². The first kappa shape index (κ1) is 13.1. The van der Waals surface area contributed by atoms with Gasteiger partial charge in [-0.15, -0.1) is 0 Å². The Balaban J connectivity index is 2.82. The number of pyridine rings is 1. The molecular formula is C10H13ClN2O2S. The maximum Gasteiger partial charge on any atom is 0.337 e. The molecule has 0 aliphatic heterocycles. The third kappa shape index (κ3) is 3.57. The van der Waals surface area contributed by atoms with Crippen molar-refractivity contribution in [3.05, 3.63) is 22.8 Å². The Labute approximate surface area is 103 Å². The first-order valence-corrected chi connectivity index (χ1v) is 6.46. The van der Waals surface area contributed by atoms with Crippen molar-refractivity contribution in [3.8, 4) is 0 Å². The number of carboxylic acids is 1. The molecule has 1 unspecified atom stereocenters. The van der Waals surface area contributed by atoms with Crippen LogP contribution in [-0.4, -0.2) is 34.1 Å². The van der Waals surface area contributed by atoms with Crippen molar-refractivity contribution in [2.75, 3.05) is 17.3 Å². The highest BCUT2D eigenvalue weighted by Crippen LogP contribution is 2.18. The molecule has 2 N–H and O–H groups in total. The van der Waals surface area contributed by atoms with Crippen LogP contribution in [0.3, 0.4) is 0 Å². The van der Waals surface area contributed by atoms with Gasteiger partial charge in [-0.1, -0.05) is 11.6 Å². The van der Waals surface area contributed by atoms with Crippen molar-refractivity contribution in [2.24, 2.45) is 0 Å².